The van der Waals surface area contributed by atoms with Crippen LogP contribution in [0.3, 0.4) is 0 Å². The van der Waals surface area contributed by atoms with E-state index in [-0.39, 0.29) is 16.3 Å². The molecule has 0 heterocycles. The first-order valence-electron chi connectivity index (χ1n) is 5.36. The summed E-state index contributed by atoms with van der Waals surface area (Å²) in [6.45, 7) is 7.16. The van der Waals surface area contributed by atoms with Crippen LogP contribution in [0.5, 0.6) is 0 Å². The maximum absolute atomic E-state index is 11.6. The summed E-state index contributed by atoms with van der Waals surface area (Å²) in [5, 5.41) is 2.85. The number of rotatable bonds is 7. The van der Waals surface area contributed by atoms with Crippen LogP contribution in [-0.2, 0) is 9.53 Å². The van der Waals surface area contributed by atoms with Gasteiger partial charge in [-0.15, -0.1) is 0 Å². The number of methoxy groups -OCH3 is 1. The summed E-state index contributed by atoms with van der Waals surface area (Å²) in [6, 6.07) is 0. The maximum atomic E-state index is 11.6. The van der Waals surface area contributed by atoms with E-state index in [0.717, 1.165) is 6.42 Å². The molecule has 3 N–H and O–H groups in total. The summed E-state index contributed by atoms with van der Waals surface area (Å²) in [7, 11) is 1.67. The van der Waals surface area contributed by atoms with E-state index in [1.54, 1.807) is 14.0 Å². The lowest BCUT2D eigenvalue weighted by Gasteiger charge is -2.25. The first kappa shape index (κ1) is 15.3. The Morgan fingerprint density at radius 1 is 1.56 bits per heavy atom. The lowest BCUT2D eigenvalue weighted by molar-refractivity contribution is -0.123. The molecule has 0 aromatic rings. The molecule has 1 atom stereocenters. The summed E-state index contributed by atoms with van der Waals surface area (Å²) >= 11 is 4.77. The Morgan fingerprint density at radius 2 is 2.12 bits per heavy atom. The Hall–Kier alpha value is -0.680. The Balaban J connectivity index is 4.03. The molecule has 0 aromatic heterocycles. The van der Waals surface area contributed by atoms with Gasteiger partial charge in [-0.1, -0.05) is 26.1 Å². The second-order valence-corrected chi connectivity index (χ2v) is 5.22. The molecule has 0 bridgehead atoms. The van der Waals surface area contributed by atoms with Crippen molar-refractivity contribution in [2.45, 2.75) is 27.2 Å². The van der Waals surface area contributed by atoms with Crippen LogP contribution in [-0.4, -0.2) is 31.2 Å². The van der Waals surface area contributed by atoms with Gasteiger partial charge in [-0.2, -0.15) is 0 Å². The predicted molar refractivity (Wildman–Crippen MR) is 69.2 cm³/mol. The fourth-order valence-corrected chi connectivity index (χ4v) is 1.18. The van der Waals surface area contributed by atoms with E-state index in [9.17, 15) is 4.79 Å². The molecule has 94 valence electrons. The van der Waals surface area contributed by atoms with Gasteiger partial charge < -0.3 is 15.8 Å². The Morgan fingerprint density at radius 3 is 2.56 bits per heavy atom. The average molecular weight is 246 g/mol. The van der Waals surface area contributed by atoms with E-state index in [0.29, 0.717) is 13.2 Å². The zero-order valence-corrected chi connectivity index (χ0v) is 11.3. The van der Waals surface area contributed by atoms with Gasteiger partial charge in [-0.05, 0) is 18.8 Å². The number of nitrogens with one attached hydrogen (secondary N) is 1. The monoisotopic (exact) mass is 246 g/mol. The first-order valence-corrected chi connectivity index (χ1v) is 5.77. The molecule has 1 unspecified atom stereocenters. The average Bonchev–Trinajstić information content (AvgIpc) is 2.22. The molecule has 0 aliphatic carbocycles. The molecule has 16 heavy (non-hydrogen) atoms. The highest BCUT2D eigenvalue weighted by Crippen LogP contribution is 2.18. The lowest BCUT2D eigenvalue weighted by atomic mass is 9.89. The van der Waals surface area contributed by atoms with Crippen LogP contribution in [0.4, 0.5) is 0 Å². The normalized spacial score (nSPS) is 13.2. The summed E-state index contributed by atoms with van der Waals surface area (Å²) < 4.78 is 5.02. The number of thiocarbonyl (C=S) groups is 1. The van der Waals surface area contributed by atoms with Crippen LogP contribution in [0.1, 0.15) is 27.2 Å². The SMILES string of the molecule is COCCC(C)(C)CNC(=O)C(C)C(N)=S. The minimum atomic E-state index is -0.409. The molecule has 1 amide bonds. The standard InChI is InChI=1S/C11H22N2O2S/c1-8(9(12)16)10(14)13-7-11(2,3)5-6-15-4/h8H,5-7H2,1-4H3,(H2,12,16)(H,13,14). The zero-order chi connectivity index (χ0) is 12.8. The van der Waals surface area contributed by atoms with Crippen LogP contribution < -0.4 is 11.1 Å². The number of hydrogen-bond acceptors (Lipinski definition) is 3. The van der Waals surface area contributed by atoms with Crippen molar-refractivity contribution in [3.63, 3.8) is 0 Å². The van der Waals surface area contributed by atoms with E-state index in [1.165, 1.54) is 0 Å². The number of hydrogen-bond donors (Lipinski definition) is 2. The van der Waals surface area contributed by atoms with Crippen molar-refractivity contribution in [1.29, 1.82) is 0 Å². The van der Waals surface area contributed by atoms with E-state index in [4.69, 9.17) is 22.7 Å². The van der Waals surface area contributed by atoms with Crippen LogP contribution in [0, 0.1) is 11.3 Å². The molecule has 0 saturated heterocycles. The van der Waals surface area contributed by atoms with Gasteiger partial charge in [-0.25, -0.2) is 0 Å². The fraction of sp³-hybridized carbons (Fsp3) is 0.818. The predicted octanol–water partition coefficient (Wildman–Crippen LogP) is 1.09. The van der Waals surface area contributed by atoms with Crippen LogP contribution in [0.2, 0.25) is 0 Å². The topological polar surface area (TPSA) is 64.3 Å². The van der Waals surface area contributed by atoms with Crippen LogP contribution in [0.25, 0.3) is 0 Å². The van der Waals surface area contributed by atoms with E-state index in [2.05, 4.69) is 19.2 Å². The molecule has 0 aliphatic rings. The Bertz CT molecular complexity index is 254. The molecule has 4 nitrogen and oxygen atoms in total. The lowest BCUT2D eigenvalue weighted by Crippen LogP contribution is -2.40. The molecular formula is C11H22N2O2S. The number of amides is 1. The third-order valence-corrected chi connectivity index (χ3v) is 2.90. The highest BCUT2D eigenvalue weighted by molar-refractivity contribution is 7.80. The van der Waals surface area contributed by atoms with Gasteiger partial charge in [0.1, 0.15) is 0 Å². The van der Waals surface area contributed by atoms with Gasteiger partial charge in [0.15, 0.2) is 0 Å². The minimum absolute atomic E-state index is 0.0155. The molecule has 0 fully saturated rings. The highest BCUT2D eigenvalue weighted by atomic mass is 32.1. The number of nitrogens with two attached hydrogens (primary N) is 1. The Labute approximate surface area is 103 Å². The number of carbonyl (C=O) groups excluding carboxylic acids is 1. The van der Waals surface area contributed by atoms with Gasteiger partial charge in [0.25, 0.3) is 0 Å². The summed E-state index contributed by atoms with van der Waals surface area (Å²) in [5.74, 6) is -0.522. The van der Waals surface area contributed by atoms with Crippen LogP contribution in [0.15, 0.2) is 0 Å². The fourth-order valence-electron chi connectivity index (χ4n) is 1.08. The smallest absolute Gasteiger partial charge is 0.229 e. The Kier molecular flexibility index (Phi) is 6.52. The quantitative estimate of drug-likeness (QED) is 0.660. The van der Waals surface area contributed by atoms with Gasteiger partial charge in [0, 0.05) is 20.3 Å². The number of ether oxygens (including phenoxy) is 1. The molecular weight excluding hydrogens is 224 g/mol. The molecule has 5 heteroatoms. The van der Waals surface area contributed by atoms with Gasteiger partial charge >= 0.3 is 0 Å². The molecule has 0 aromatic carbocycles. The summed E-state index contributed by atoms with van der Waals surface area (Å²) in [6.07, 6.45) is 0.894. The van der Waals surface area contributed by atoms with Crippen LogP contribution >= 0.6 is 12.2 Å². The van der Waals surface area contributed by atoms with Crippen molar-refractivity contribution >= 4 is 23.1 Å². The van der Waals surface area contributed by atoms with Crippen molar-refractivity contribution in [2.75, 3.05) is 20.3 Å². The molecule has 0 saturated carbocycles. The first-order chi connectivity index (χ1) is 7.30. The second-order valence-electron chi connectivity index (χ2n) is 4.75. The zero-order valence-electron chi connectivity index (χ0n) is 10.5. The molecule has 0 rings (SSSR count). The second kappa shape index (κ2) is 6.81. The molecule has 0 aliphatic heterocycles. The summed E-state index contributed by atoms with van der Waals surface area (Å²) in [5.41, 5.74) is 5.42. The van der Waals surface area contributed by atoms with Crippen molar-refractivity contribution in [1.82, 2.24) is 5.32 Å². The number of carbonyl (C=O) groups is 1. The van der Waals surface area contributed by atoms with Gasteiger partial charge in [-0.3, -0.25) is 4.79 Å². The van der Waals surface area contributed by atoms with Gasteiger partial charge in [0.05, 0.1) is 10.9 Å². The van der Waals surface area contributed by atoms with Crippen molar-refractivity contribution < 1.29 is 9.53 Å². The largest absolute Gasteiger partial charge is 0.393 e. The summed E-state index contributed by atoms with van der Waals surface area (Å²) in [4.78, 5) is 11.8. The third-order valence-electron chi connectivity index (χ3n) is 2.54. The van der Waals surface area contributed by atoms with Gasteiger partial charge in [0.2, 0.25) is 5.91 Å². The molecule has 0 radical (unpaired) electrons. The minimum Gasteiger partial charge on any atom is -0.393 e. The van der Waals surface area contributed by atoms with E-state index >= 15 is 0 Å². The van der Waals surface area contributed by atoms with E-state index < -0.39 is 5.92 Å². The van der Waals surface area contributed by atoms with Crippen molar-refractivity contribution in [3.05, 3.63) is 0 Å². The van der Waals surface area contributed by atoms with E-state index in [1.807, 2.05) is 0 Å². The molecule has 0 spiro atoms. The highest BCUT2D eigenvalue weighted by Gasteiger charge is 2.21. The van der Waals surface area contributed by atoms with Crippen molar-refractivity contribution in [3.8, 4) is 0 Å². The maximum Gasteiger partial charge on any atom is 0.229 e. The third kappa shape index (κ3) is 6.02. The van der Waals surface area contributed by atoms with Crippen molar-refractivity contribution in [2.24, 2.45) is 17.1 Å².